The number of hydrogen-bond donors (Lipinski definition) is 2. The molecular formula is C16H28N2O. The summed E-state index contributed by atoms with van der Waals surface area (Å²) in [6, 6.07) is 2.13. The third-order valence-corrected chi connectivity index (χ3v) is 4.22. The summed E-state index contributed by atoms with van der Waals surface area (Å²) in [7, 11) is 1.71. The lowest BCUT2D eigenvalue weighted by Gasteiger charge is -2.29. The first-order valence-corrected chi connectivity index (χ1v) is 6.95. The van der Waals surface area contributed by atoms with E-state index in [2.05, 4.69) is 40.7 Å². The van der Waals surface area contributed by atoms with Gasteiger partial charge in [-0.3, -0.25) is 0 Å². The molecule has 0 saturated heterocycles. The van der Waals surface area contributed by atoms with Crippen LogP contribution < -0.4 is 16.2 Å². The maximum atomic E-state index is 6.46. The van der Waals surface area contributed by atoms with Crippen LogP contribution in [-0.2, 0) is 0 Å². The molecule has 0 bridgehead atoms. The number of benzene rings is 1. The first-order chi connectivity index (χ1) is 8.84. The molecule has 4 N–H and O–H groups in total. The summed E-state index contributed by atoms with van der Waals surface area (Å²) in [6.07, 6.45) is 0. The van der Waals surface area contributed by atoms with Crippen LogP contribution in [0.15, 0.2) is 6.07 Å². The predicted molar refractivity (Wildman–Crippen MR) is 81.5 cm³/mol. The molecule has 0 aromatic heterocycles. The van der Waals surface area contributed by atoms with Gasteiger partial charge in [0.05, 0.1) is 7.11 Å². The van der Waals surface area contributed by atoms with Crippen molar-refractivity contribution in [3.05, 3.63) is 28.3 Å². The Hall–Kier alpha value is -1.06. The van der Waals surface area contributed by atoms with E-state index in [-0.39, 0.29) is 6.04 Å². The van der Waals surface area contributed by atoms with E-state index in [1.54, 1.807) is 7.11 Å². The molecule has 1 aromatic carbocycles. The molecule has 19 heavy (non-hydrogen) atoms. The monoisotopic (exact) mass is 264 g/mol. The molecule has 2 atom stereocenters. The molecule has 108 valence electrons. The van der Waals surface area contributed by atoms with Gasteiger partial charge >= 0.3 is 0 Å². The molecule has 0 fully saturated rings. The molecule has 0 radical (unpaired) electrons. The molecule has 3 heteroatoms. The third kappa shape index (κ3) is 3.10. The lowest BCUT2D eigenvalue weighted by atomic mass is 9.82. The Morgan fingerprint density at radius 2 is 1.74 bits per heavy atom. The quantitative estimate of drug-likeness (QED) is 0.859. The van der Waals surface area contributed by atoms with E-state index in [0.717, 1.165) is 11.3 Å². The first kappa shape index (κ1) is 16.0. The van der Waals surface area contributed by atoms with Crippen LogP contribution in [0.1, 0.15) is 42.1 Å². The van der Waals surface area contributed by atoms with Gasteiger partial charge < -0.3 is 16.2 Å². The zero-order chi connectivity index (χ0) is 14.7. The summed E-state index contributed by atoms with van der Waals surface area (Å²) < 4.78 is 5.46. The van der Waals surface area contributed by atoms with E-state index in [0.29, 0.717) is 18.4 Å². The highest BCUT2D eigenvalue weighted by Crippen LogP contribution is 2.34. The molecule has 0 amide bonds. The highest BCUT2D eigenvalue weighted by molar-refractivity contribution is 5.50. The van der Waals surface area contributed by atoms with Gasteiger partial charge in [-0.15, -0.1) is 0 Å². The maximum Gasteiger partial charge on any atom is 0.124 e. The fourth-order valence-electron chi connectivity index (χ4n) is 2.81. The van der Waals surface area contributed by atoms with Gasteiger partial charge in [-0.05, 0) is 61.4 Å². The number of hydrogen-bond acceptors (Lipinski definition) is 3. The van der Waals surface area contributed by atoms with Gasteiger partial charge in [0.25, 0.3) is 0 Å². The van der Waals surface area contributed by atoms with Crippen molar-refractivity contribution >= 4 is 0 Å². The highest BCUT2D eigenvalue weighted by Gasteiger charge is 2.24. The molecule has 0 aliphatic carbocycles. The second kappa shape index (κ2) is 6.40. The average molecular weight is 264 g/mol. The normalized spacial score (nSPS) is 14.6. The minimum Gasteiger partial charge on any atom is -0.496 e. The topological polar surface area (TPSA) is 61.3 Å². The second-order valence-corrected chi connectivity index (χ2v) is 5.74. The average Bonchev–Trinajstić information content (AvgIpc) is 2.34. The Balaban J connectivity index is 3.28. The summed E-state index contributed by atoms with van der Waals surface area (Å²) in [6.45, 7) is 11.2. The van der Waals surface area contributed by atoms with Gasteiger partial charge in [0.2, 0.25) is 0 Å². The maximum absolute atomic E-state index is 6.46. The van der Waals surface area contributed by atoms with Crippen LogP contribution in [0.5, 0.6) is 5.75 Å². The van der Waals surface area contributed by atoms with Crippen molar-refractivity contribution in [2.45, 2.75) is 40.7 Å². The van der Waals surface area contributed by atoms with E-state index in [1.165, 1.54) is 16.7 Å². The zero-order valence-electron chi connectivity index (χ0n) is 13.1. The summed E-state index contributed by atoms with van der Waals surface area (Å²) in [5.41, 5.74) is 17.1. The van der Waals surface area contributed by atoms with Crippen molar-refractivity contribution in [2.24, 2.45) is 23.3 Å². The van der Waals surface area contributed by atoms with Gasteiger partial charge in [0.1, 0.15) is 5.75 Å². The summed E-state index contributed by atoms with van der Waals surface area (Å²) in [5, 5.41) is 0. The van der Waals surface area contributed by atoms with Crippen LogP contribution in [0.4, 0.5) is 0 Å². The fourth-order valence-corrected chi connectivity index (χ4v) is 2.81. The molecule has 0 heterocycles. The van der Waals surface area contributed by atoms with Gasteiger partial charge in [-0.25, -0.2) is 0 Å². The molecule has 0 aliphatic rings. The first-order valence-electron chi connectivity index (χ1n) is 6.95. The Morgan fingerprint density at radius 3 is 2.16 bits per heavy atom. The molecule has 0 spiro atoms. The van der Waals surface area contributed by atoms with Gasteiger partial charge in [0.15, 0.2) is 0 Å². The van der Waals surface area contributed by atoms with E-state index in [1.807, 2.05) is 0 Å². The van der Waals surface area contributed by atoms with Crippen LogP contribution in [0.25, 0.3) is 0 Å². The summed E-state index contributed by atoms with van der Waals surface area (Å²) >= 11 is 0. The lowest BCUT2D eigenvalue weighted by molar-refractivity contribution is 0.330. The fraction of sp³-hybridized carbons (Fsp3) is 0.625. The summed E-state index contributed by atoms with van der Waals surface area (Å²) in [4.78, 5) is 0. The van der Waals surface area contributed by atoms with Crippen LogP contribution in [-0.4, -0.2) is 13.7 Å². The minimum absolute atomic E-state index is 0.0201. The Morgan fingerprint density at radius 1 is 1.16 bits per heavy atom. The molecule has 0 saturated carbocycles. The molecule has 1 aromatic rings. The van der Waals surface area contributed by atoms with E-state index < -0.39 is 0 Å². The number of ether oxygens (including phenoxy) is 1. The Bertz CT molecular complexity index is 441. The van der Waals surface area contributed by atoms with Crippen molar-refractivity contribution in [2.75, 3.05) is 13.7 Å². The molecule has 3 nitrogen and oxygen atoms in total. The largest absolute Gasteiger partial charge is 0.496 e. The van der Waals surface area contributed by atoms with E-state index in [4.69, 9.17) is 16.2 Å². The van der Waals surface area contributed by atoms with Crippen LogP contribution >= 0.6 is 0 Å². The smallest absolute Gasteiger partial charge is 0.124 e. The Labute approximate surface area is 117 Å². The highest BCUT2D eigenvalue weighted by atomic mass is 16.5. The van der Waals surface area contributed by atoms with Crippen molar-refractivity contribution < 1.29 is 4.74 Å². The van der Waals surface area contributed by atoms with Crippen molar-refractivity contribution in [1.82, 2.24) is 0 Å². The summed E-state index contributed by atoms with van der Waals surface area (Å²) in [5.74, 6) is 1.73. The van der Waals surface area contributed by atoms with E-state index in [9.17, 15) is 0 Å². The van der Waals surface area contributed by atoms with Gasteiger partial charge in [0, 0.05) is 6.04 Å². The number of rotatable bonds is 5. The van der Waals surface area contributed by atoms with Gasteiger partial charge in [-0.1, -0.05) is 19.9 Å². The Kier molecular flexibility index (Phi) is 5.39. The standard InChI is InChI=1S/C16H28N2O/c1-9(2)14(8-17)15(18)13-7-10(3)16(19-6)12(5)11(13)4/h7,9,14-15H,8,17-18H2,1-6H3. The number of methoxy groups -OCH3 is 1. The van der Waals surface area contributed by atoms with Crippen LogP contribution in [0, 0.1) is 32.6 Å². The molecular weight excluding hydrogens is 236 g/mol. The SMILES string of the molecule is COc1c(C)cc(C(N)C(CN)C(C)C)c(C)c1C. The van der Waals surface area contributed by atoms with Crippen LogP contribution in [0.3, 0.4) is 0 Å². The zero-order valence-corrected chi connectivity index (χ0v) is 13.1. The third-order valence-electron chi connectivity index (χ3n) is 4.22. The number of aryl methyl sites for hydroxylation is 1. The predicted octanol–water partition coefficient (Wildman–Crippen LogP) is 2.85. The molecule has 0 aliphatic heterocycles. The van der Waals surface area contributed by atoms with Crippen molar-refractivity contribution in [3.8, 4) is 5.75 Å². The second-order valence-electron chi connectivity index (χ2n) is 5.74. The van der Waals surface area contributed by atoms with E-state index >= 15 is 0 Å². The van der Waals surface area contributed by atoms with Crippen molar-refractivity contribution in [3.63, 3.8) is 0 Å². The molecule has 2 unspecified atom stereocenters. The van der Waals surface area contributed by atoms with Gasteiger partial charge in [-0.2, -0.15) is 0 Å². The molecule has 1 rings (SSSR count). The van der Waals surface area contributed by atoms with Crippen LogP contribution in [0.2, 0.25) is 0 Å². The minimum atomic E-state index is -0.0201. The number of nitrogens with two attached hydrogens (primary N) is 2. The lowest BCUT2D eigenvalue weighted by Crippen LogP contribution is -2.32. The van der Waals surface area contributed by atoms with Crippen molar-refractivity contribution in [1.29, 1.82) is 0 Å².